The van der Waals surface area contributed by atoms with Gasteiger partial charge in [0.1, 0.15) is 17.4 Å². The molecule has 0 spiro atoms. The molecule has 1 fully saturated rings. The number of halogens is 2. The van der Waals surface area contributed by atoms with E-state index in [-0.39, 0.29) is 32.1 Å². The summed E-state index contributed by atoms with van der Waals surface area (Å²) < 4.78 is 59.8. The van der Waals surface area contributed by atoms with Gasteiger partial charge in [0.05, 0.1) is 0 Å². The summed E-state index contributed by atoms with van der Waals surface area (Å²) in [5, 5.41) is 0. The van der Waals surface area contributed by atoms with Crippen LogP contribution < -0.4 is 4.74 Å². The molecule has 1 atom stereocenters. The third-order valence-electron chi connectivity index (χ3n) is 4.99. The number of hydrogen-bond donors (Lipinski definition) is 0. The Morgan fingerprint density at radius 1 is 0.964 bits per heavy atom. The van der Waals surface area contributed by atoms with E-state index in [1.807, 2.05) is 18.2 Å². The Kier molecular flexibility index (Phi) is 4.80. The molecule has 2 aliphatic rings. The van der Waals surface area contributed by atoms with E-state index in [9.17, 15) is 22.0 Å². The minimum Gasteiger partial charge on any atom is -0.480 e. The Bertz CT molecular complexity index is 975. The normalized spacial score (nSPS) is 19.9. The lowest BCUT2D eigenvalue weighted by molar-refractivity contribution is -0.139. The number of fused-ring (bicyclic) bond motifs is 1. The lowest BCUT2D eigenvalue weighted by atomic mass is 10.1. The molecule has 0 aromatic heterocycles. The van der Waals surface area contributed by atoms with Crippen LogP contribution in [0.1, 0.15) is 5.56 Å². The average molecular weight is 408 g/mol. The fraction of sp³-hybridized carbons (Fsp3) is 0.316. The van der Waals surface area contributed by atoms with Gasteiger partial charge in [0.25, 0.3) is 5.91 Å². The number of rotatable bonds is 3. The number of amides is 1. The van der Waals surface area contributed by atoms with Crippen molar-refractivity contribution in [3.05, 3.63) is 59.7 Å². The number of hydrogen-bond acceptors (Lipinski definition) is 4. The molecule has 0 radical (unpaired) electrons. The molecule has 6 nitrogen and oxygen atoms in total. The maximum absolute atomic E-state index is 13.9. The molecule has 0 unspecified atom stereocenters. The van der Waals surface area contributed by atoms with Gasteiger partial charge in [-0.15, -0.1) is 0 Å². The number of carbonyl (C=O) groups is 1. The number of carbonyl (C=O) groups excluding carboxylic acids is 1. The van der Waals surface area contributed by atoms with Crippen LogP contribution in [0.5, 0.6) is 5.75 Å². The highest BCUT2D eigenvalue weighted by Gasteiger charge is 2.37. The van der Waals surface area contributed by atoms with Crippen molar-refractivity contribution < 1.29 is 26.7 Å². The molecule has 1 amide bonds. The molecule has 2 aromatic carbocycles. The highest BCUT2D eigenvalue weighted by molar-refractivity contribution is 7.89. The van der Waals surface area contributed by atoms with Crippen molar-refractivity contribution >= 4 is 15.9 Å². The van der Waals surface area contributed by atoms with Crippen molar-refractivity contribution in [1.29, 1.82) is 0 Å². The van der Waals surface area contributed by atoms with Gasteiger partial charge in [0.2, 0.25) is 10.0 Å². The van der Waals surface area contributed by atoms with Crippen LogP contribution in [0.2, 0.25) is 0 Å². The van der Waals surface area contributed by atoms with Crippen molar-refractivity contribution in [2.75, 3.05) is 26.2 Å². The van der Waals surface area contributed by atoms with Crippen molar-refractivity contribution in [1.82, 2.24) is 9.21 Å². The van der Waals surface area contributed by atoms with Gasteiger partial charge >= 0.3 is 0 Å². The molecule has 2 aromatic rings. The molecule has 4 rings (SSSR count). The Morgan fingerprint density at radius 3 is 2.25 bits per heavy atom. The van der Waals surface area contributed by atoms with E-state index in [0.29, 0.717) is 12.2 Å². The zero-order valence-electron chi connectivity index (χ0n) is 14.8. The summed E-state index contributed by atoms with van der Waals surface area (Å²) in [5.74, 6) is -1.80. The molecule has 0 bridgehead atoms. The molecule has 0 saturated carbocycles. The molecular formula is C19H18F2N2O4S. The number of para-hydroxylation sites is 1. The Labute approximate surface area is 161 Å². The molecular weight excluding hydrogens is 390 g/mol. The van der Waals surface area contributed by atoms with Crippen molar-refractivity contribution in [3.63, 3.8) is 0 Å². The van der Waals surface area contributed by atoms with Crippen molar-refractivity contribution in [2.24, 2.45) is 0 Å². The van der Waals surface area contributed by atoms with Gasteiger partial charge in [0, 0.05) is 32.6 Å². The largest absolute Gasteiger partial charge is 0.480 e. The van der Waals surface area contributed by atoms with Crippen LogP contribution in [0, 0.1) is 11.6 Å². The summed E-state index contributed by atoms with van der Waals surface area (Å²) in [4.78, 5) is 13.3. The van der Waals surface area contributed by atoms with E-state index < -0.39 is 32.7 Å². The third-order valence-corrected chi connectivity index (χ3v) is 6.94. The summed E-state index contributed by atoms with van der Waals surface area (Å²) in [5.41, 5.74) is 0.956. The van der Waals surface area contributed by atoms with E-state index in [4.69, 9.17) is 4.74 Å². The van der Waals surface area contributed by atoms with Crippen LogP contribution in [-0.4, -0.2) is 55.8 Å². The third kappa shape index (κ3) is 3.24. The van der Waals surface area contributed by atoms with E-state index in [2.05, 4.69) is 0 Å². The van der Waals surface area contributed by atoms with Gasteiger partial charge in [-0.05, 0) is 23.8 Å². The lowest BCUT2D eigenvalue weighted by Crippen LogP contribution is -2.53. The highest BCUT2D eigenvalue weighted by Crippen LogP contribution is 2.29. The van der Waals surface area contributed by atoms with E-state index >= 15 is 0 Å². The minimum atomic E-state index is -4.32. The molecule has 0 aliphatic carbocycles. The second-order valence-corrected chi connectivity index (χ2v) is 8.57. The van der Waals surface area contributed by atoms with Crippen LogP contribution in [0.15, 0.2) is 47.4 Å². The fourth-order valence-corrected chi connectivity index (χ4v) is 5.06. The molecule has 28 heavy (non-hydrogen) atoms. The predicted molar refractivity (Wildman–Crippen MR) is 96.3 cm³/mol. The summed E-state index contributed by atoms with van der Waals surface area (Å²) in [7, 11) is -4.32. The van der Waals surface area contributed by atoms with Gasteiger partial charge in [0.15, 0.2) is 11.0 Å². The van der Waals surface area contributed by atoms with E-state index in [1.54, 1.807) is 6.07 Å². The Balaban J connectivity index is 1.43. The SMILES string of the molecule is O=C([C@@H]1Cc2ccccc2O1)N1CCN(S(=O)(=O)c2c(F)cccc2F)CC1. The van der Waals surface area contributed by atoms with Crippen LogP contribution in [0.3, 0.4) is 0 Å². The monoisotopic (exact) mass is 408 g/mol. The van der Waals surface area contributed by atoms with Crippen molar-refractivity contribution in [2.45, 2.75) is 17.4 Å². The van der Waals surface area contributed by atoms with Gasteiger partial charge in [-0.2, -0.15) is 4.31 Å². The number of piperazine rings is 1. The number of nitrogens with zero attached hydrogens (tertiary/aromatic N) is 2. The lowest BCUT2D eigenvalue weighted by Gasteiger charge is -2.35. The fourth-order valence-electron chi connectivity index (χ4n) is 3.53. The van der Waals surface area contributed by atoms with Gasteiger partial charge < -0.3 is 9.64 Å². The summed E-state index contributed by atoms with van der Waals surface area (Å²) in [6, 6.07) is 10.3. The predicted octanol–water partition coefficient (Wildman–Crippen LogP) is 1.80. The van der Waals surface area contributed by atoms with Crippen molar-refractivity contribution in [3.8, 4) is 5.75 Å². The molecule has 2 heterocycles. The van der Waals surface area contributed by atoms with Gasteiger partial charge in [-0.3, -0.25) is 4.79 Å². The Morgan fingerprint density at radius 2 is 1.61 bits per heavy atom. The summed E-state index contributed by atoms with van der Waals surface area (Å²) >= 11 is 0. The first-order chi connectivity index (χ1) is 13.4. The smallest absolute Gasteiger partial charge is 0.264 e. The van der Waals surface area contributed by atoms with Crippen LogP contribution in [0.25, 0.3) is 0 Å². The molecule has 148 valence electrons. The second kappa shape index (κ2) is 7.14. The minimum absolute atomic E-state index is 0.0402. The molecule has 2 aliphatic heterocycles. The number of sulfonamides is 1. The second-order valence-electron chi connectivity index (χ2n) is 6.70. The number of benzene rings is 2. The van der Waals surface area contributed by atoms with Gasteiger partial charge in [-0.1, -0.05) is 24.3 Å². The first-order valence-corrected chi connectivity index (χ1v) is 10.3. The summed E-state index contributed by atoms with van der Waals surface area (Å²) in [6.45, 7) is 0.178. The van der Waals surface area contributed by atoms with Crippen LogP contribution in [-0.2, 0) is 21.2 Å². The maximum Gasteiger partial charge on any atom is 0.264 e. The summed E-state index contributed by atoms with van der Waals surface area (Å²) in [6.07, 6.45) is -0.168. The molecule has 0 N–H and O–H groups in total. The van der Waals surface area contributed by atoms with E-state index in [1.165, 1.54) is 4.90 Å². The Hall–Kier alpha value is -2.52. The zero-order valence-corrected chi connectivity index (χ0v) is 15.7. The molecule has 9 heteroatoms. The average Bonchev–Trinajstić information content (AvgIpc) is 3.11. The topological polar surface area (TPSA) is 66.9 Å². The number of ether oxygens (including phenoxy) is 1. The van der Waals surface area contributed by atoms with Crippen LogP contribution in [0.4, 0.5) is 8.78 Å². The van der Waals surface area contributed by atoms with Crippen LogP contribution >= 0.6 is 0 Å². The van der Waals surface area contributed by atoms with E-state index in [0.717, 1.165) is 28.1 Å². The first-order valence-electron chi connectivity index (χ1n) is 8.85. The first kappa shape index (κ1) is 18.8. The maximum atomic E-state index is 13.9. The standard InChI is InChI=1S/C19H18F2N2O4S/c20-14-5-3-6-15(21)18(14)28(25,26)23-10-8-22(9-11-23)19(24)17-12-13-4-1-2-7-16(13)27-17/h1-7,17H,8-12H2/t17-/m0/s1. The quantitative estimate of drug-likeness (QED) is 0.777. The van der Waals surface area contributed by atoms with Gasteiger partial charge in [-0.25, -0.2) is 17.2 Å². The zero-order chi connectivity index (χ0) is 19.9. The highest BCUT2D eigenvalue weighted by atomic mass is 32.2. The molecule has 1 saturated heterocycles.